The van der Waals surface area contributed by atoms with Crippen LogP contribution in [0.2, 0.25) is 10.0 Å². The molecule has 0 fully saturated rings. The Morgan fingerprint density at radius 1 is 1.10 bits per heavy atom. The van der Waals surface area contributed by atoms with E-state index in [-0.39, 0.29) is 22.2 Å². The van der Waals surface area contributed by atoms with Gasteiger partial charge in [0.25, 0.3) is 10.0 Å². The van der Waals surface area contributed by atoms with Crippen molar-refractivity contribution in [2.24, 2.45) is 0 Å². The first-order valence-corrected chi connectivity index (χ1v) is 11.3. The van der Waals surface area contributed by atoms with Gasteiger partial charge < -0.3 is 9.88 Å². The molecule has 0 aliphatic carbocycles. The van der Waals surface area contributed by atoms with E-state index in [0.29, 0.717) is 24.5 Å². The first-order chi connectivity index (χ1) is 14.4. The van der Waals surface area contributed by atoms with Crippen molar-refractivity contribution in [3.05, 3.63) is 77.3 Å². The zero-order chi connectivity index (χ0) is 21.6. The van der Waals surface area contributed by atoms with Gasteiger partial charge in [-0.25, -0.2) is 13.4 Å². The number of aryl methyl sites for hydroxylation is 1. The van der Waals surface area contributed by atoms with Gasteiger partial charge in [0.05, 0.1) is 27.0 Å². The average Bonchev–Trinajstić information content (AvgIpc) is 3.26. The van der Waals surface area contributed by atoms with E-state index in [1.54, 1.807) is 30.7 Å². The minimum Gasteiger partial charge on any atom is -0.354 e. The Labute approximate surface area is 185 Å². The zero-order valence-corrected chi connectivity index (χ0v) is 18.2. The lowest BCUT2D eigenvalue weighted by Gasteiger charge is -2.24. The van der Waals surface area contributed by atoms with E-state index in [1.165, 1.54) is 30.3 Å². The molecular formula is C20H20Cl2N4O3S. The summed E-state index contributed by atoms with van der Waals surface area (Å²) in [4.78, 5) is 16.6. The summed E-state index contributed by atoms with van der Waals surface area (Å²) in [6, 6.07) is 12.3. The minimum absolute atomic E-state index is 0.0731. The lowest BCUT2D eigenvalue weighted by Crippen LogP contribution is -2.41. The number of carbonyl (C=O) groups excluding carboxylic acids is 1. The maximum Gasteiger partial charge on any atom is 0.264 e. The van der Waals surface area contributed by atoms with E-state index >= 15 is 0 Å². The van der Waals surface area contributed by atoms with Gasteiger partial charge in [-0.05, 0) is 36.8 Å². The molecule has 1 N–H and O–H groups in total. The molecule has 1 amide bonds. The number of amides is 1. The van der Waals surface area contributed by atoms with Crippen LogP contribution in [0, 0.1) is 0 Å². The summed E-state index contributed by atoms with van der Waals surface area (Å²) in [7, 11) is -3.99. The molecule has 1 aromatic heterocycles. The van der Waals surface area contributed by atoms with E-state index < -0.39 is 15.9 Å². The third-order valence-electron chi connectivity index (χ3n) is 4.28. The van der Waals surface area contributed by atoms with Crippen molar-refractivity contribution in [2.45, 2.75) is 17.9 Å². The molecule has 158 valence electrons. The van der Waals surface area contributed by atoms with Crippen LogP contribution < -0.4 is 9.62 Å². The number of anilines is 1. The SMILES string of the molecule is O=C(CN(c1ccc(Cl)c(Cl)c1)S(=O)(=O)c1ccccc1)NCCCn1ccnc1. The van der Waals surface area contributed by atoms with Crippen LogP contribution in [0.5, 0.6) is 0 Å². The first kappa shape index (κ1) is 22.1. The molecule has 0 spiro atoms. The highest BCUT2D eigenvalue weighted by Gasteiger charge is 2.27. The number of aromatic nitrogens is 2. The van der Waals surface area contributed by atoms with Crippen LogP contribution in [0.3, 0.4) is 0 Å². The largest absolute Gasteiger partial charge is 0.354 e. The second-order valence-electron chi connectivity index (χ2n) is 6.43. The number of nitrogens with zero attached hydrogens (tertiary/aromatic N) is 3. The predicted molar refractivity (Wildman–Crippen MR) is 117 cm³/mol. The van der Waals surface area contributed by atoms with Gasteiger partial charge in [-0.3, -0.25) is 9.10 Å². The Morgan fingerprint density at radius 2 is 1.87 bits per heavy atom. The maximum absolute atomic E-state index is 13.2. The Bertz CT molecular complexity index is 1090. The third kappa shape index (κ3) is 5.53. The number of hydrogen-bond donors (Lipinski definition) is 1. The number of imidazole rings is 1. The molecule has 0 saturated heterocycles. The highest BCUT2D eigenvalue weighted by molar-refractivity contribution is 7.92. The fraction of sp³-hybridized carbons (Fsp3) is 0.200. The lowest BCUT2D eigenvalue weighted by molar-refractivity contribution is -0.119. The highest BCUT2D eigenvalue weighted by Crippen LogP contribution is 2.30. The van der Waals surface area contributed by atoms with Crippen molar-refractivity contribution in [1.29, 1.82) is 0 Å². The highest BCUT2D eigenvalue weighted by atomic mass is 35.5. The second-order valence-corrected chi connectivity index (χ2v) is 9.10. The molecule has 1 heterocycles. The normalized spacial score (nSPS) is 11.3. The van der Waals surface area contributed by atoms with E-state index in [2.05, 4.69) is 10.3 Å². The Balaban J connectivity index is 1.75. The maximum atomic E-state index is 13.2. The van der Waals surface area contributed by atoms with Crippen molar-refractivity contribution in [3.63, 3.8) is 0 Å². The van der Waals surface area contributed by atoms with E-state index in [0.717, 1.165) is 4.31 Å². The molecule has 0 aliphatic heterocycles. The molecule has 3 aromatic rings. The van der Waals surface area contributed by atoms with Crippen molar-refractivity contribution in [2.75, 3.05) is 17.4 Å². The molecule has 0 aliphatic rings. The van der Waals surface area contributed by atoms with Gasteiger partial charge in [0.2, 0.25) is 5.91 Å². The summed E-state index contributed by atoms with van der Waals surface area (Å²) >= 11 is 12.0. The molecule has 10 heteroatoms. The fourth-order valence-electron chi connectivity index (χ4n) is 2.77. The quantitative estimate of drug-likeness (QED) is 0.488. The second kappa shape index (κ2) is 9.97. The topological polar surface area (TPSA) is 84.3 Å². The number of sulfonamides is 1. The van der Waals surface area contributed by atoms with Crippen molar-refractivity contribution in [1.82, 2.24) is 14.9 Å². The van der Waals surface area contributed by atoms with Crippen LogP contribution in [0.25, 0.3) is 0 Å². The van der Waals surface area contributed by atoms with Crippen LogP contribution in [0.15, 0.2) is 72.1 Å². The van der Waals surface area contributed by atoms with Gasteiger partial charge in [-0.2, -0.15) is 0 Å². The van der Waals surface area contributed by atoms with E-state index in [9.17, 15) is 13.2 Å². The summed E-state index contributed by atoms with van der Waals surface area (Å²) in [5.74, 6) is -0.425. The van der Waals surface area contributed by atoms with Gasteiger partial charge in [0.15, 0.2) is 0 Å². The van der Waals surface area contributed by atoms with Crippen LogP contribution in [0.4, 0.5) is 5.69 Å². The molecule has 30 heavy (non-hydrogen) atoms. The van der Waals surface area contributed by atoms with Gasteiger partial charge in [-0.1, -0.05) is 41.4 Å². The molecule has 0 unspecified atom stereocenters. The summed E-state index contributed by atoms with van der Waals surface area (Å²) in [6.07, 6.45) is 5.89. The van der Waals surface area contributed by atoms with Crippen LogP contribution in [-0.4, -0.2) is 37.0 Å². The molecule has 7 nitrogen and oxygen atoms in total. The van der Waals surface area contributed by atoms with Crippen LogP contribution in [-0.2, 0) is 21.4 Å². The minimum atomic E-state index is -3.99. The molecule has 0 bridgehead atoms. The number of hydrogen-bond acceptors (Lipinski definition) is 4. The van der Waals surface area contributed by atoms with Gasteiger partial charge in [0, 0.05) is 25.5 Å². The fourth-order valence-corrected chi connectivity index (χ4v) is 4.50. The number of rotatable bonds is 9. The first-order valence-electron chi connectivity index (χ1n) is 9.13. The zero-order valence-electron chi connectivity index (χ0n) is 15.9. The molecule has 3 rings (SSSR count). The van der Waals surface area contributed by atoms with Gasteiger partial charge in [0.1, 0.15) is 6.54 Å². The van der Waals surface area contributed by atoms with Crippen molar-refractivity contribution < 1.29 is 13.2 Å². The summed E-state index contributed by atoms with van der Waals surface area (Å²) in [5, 5.41) is 3.25. The molecule has 0 radical (unpaired) electrons. The van der Waals surface area contributed by atoms with Crippen molar-refractivity contribution >= 4 is 44.8 Å². The standard InChI is InChI=1S/C20H20Cl2N4O3S/c21-18-8-7-16(13-19(18)22)26(30(28,29)17-5-2-1-3-6-17)14-20(27)24-9-4-11-25-12-10-23-15-25/h1-3,5-8,10,12-13,15H,4,9,11,14H2,(H,24,27). The Morgan fingerprint density at radius 3 is 2.53 bits per heavy atom. The van der Waals surface area contributed by atoms with Gasteiger partial charge in [-0.15, -0.1) is 0 Å². The Hall–Kier alpha value is -2.55. The predicted octanol–water partition coefficient (Wildman–Crippen LogP) is 3.59. The molecular weight excluding hydrogens is 447 g/mol. The summed E-state index contributed by atoms with van der Waals surface area (Å²) in [5.41, 5.74) is 0.252. The molecule has 0 atom stereocenters. The summed E-state index contributed by atoms with van der Waals surface area (Å²) < 4.78 is 29.3. The number of nitrogens with one attached hydrogen (secondary N) is 1. The van der Waals surface area contributed by atoms with E-state index in [1.807, 2.05) is 10.8 Å². The van der Waals surface area contributed by atoms with Crippen LogP contribution >= 0.6 is 23.2 Å². The Kier molecular flexibility index (Phi) is 7.36. The van der Waals surface area contributed by atoms with E-state index in [4.69, 9.17) is 23.2 Å². The molecule has 0 saturated carbocycles. The number of halogens is 2. The average molecular weight is 467 g/mol. The number of carbonyl (C=O) groups is 1. The van der Waals surface area contributed by atoms with Crippen LogP contribution in [0.1, 0.15) is 6.42 Å². The number of benzene rings is 2. The lowest BCUT2D eigenvalue weighted by atomic mass is 10.3. The molecule has 2 aromatic carbocycles. The summed E-state index contributed by atoms with van der Waals surface area (Å²) in [6.45, 7) is 0.705. The smallest absolute Gasteiger partial charge is 0.264 e. The van der Waals surface area contributed by atoms with Gasteiger partial charge >= 0.3 is 0 Å². The third-order valence-corrected chi connectivity index (χ3v) is 6.81. The van der Waals surface area contributed by atoms with Crippen molar-refractivity contribution in [3.8, 4) is 0 Å². The monoisotopic (exact) mass is 466 g/mol.